The van der Waals surface area contributed by atoms with Crippen molar-refractivity contribution in [2.45, 2.75) is 118 Å². The Morgan fingerprint density at radius 1 is 0.316 bits per heavy atom. The molecule has 0 aliphatic heterocycles. The molecular weight excluding hydrogens is 1010 g/mol. The third kappa shape index (κ3) is 14.0. The van der Waals surface area contributed by atoms with E-state index in [4.69, 9.17) is 0 Å². The Kier molecular flexibility index (Phi) is 19.2. The van der Waals surface area contributed by atoms with E-state index in [-0.39, 0.29) is 36.5 Å². The fraction of sp³-hybridized carbons (Fsp3) is 0.243. The Morgan fingerprint density at radius 2 is 0.553 bits per heavy atom. The van der Waals surface area contributed by atoms with Crippen LogP contribution in [-0.2, 0) is 57.8 Å². The van der Waals surface area contributed by atoms with Crippen LogP contribution in [0.15, 0.2) is 206 Å². The van der Waals surface area contributed by atoms with E-state index in [9.17, 15) is 0 Å². The van der Waals surface area contributed by atoms with Crippen molar-refractivity contribution in [3.63, 3.8) is 0 Å². The zero-order chi connectivity index (χ0) is 53.0. The van der Waals surface area contributed by atoms with Crippen LogP contribution in [0.2, 0.25) is 0 Å². The summed E-state index contributed by atoms with van der Waals surface area (Å²) in [6.07, 6.45) is 1.89. The zero-order valence-corrected chi connectivity index (χ0v) is 51.5. The Labute approximate surface area is 476 Å². The number of rotatable bonds is 8. The monoisotopic (exact) mass is 1090 g/mol. The molecule has 2 radical (unpaired) electrons. The van der Waals surface area contributed by atoms with Gasteiger partial charge < -0.3 is 14.9 Å². The van der Waals surface area contributed by atoms with Gasteiger partial charge in [0.15, 0.2) is 0 Å². The molecule has 0 saturated carbocycles. The van der Waals surface area contributed by atoms with E-state index in [1.807, 2.05) is 0 Å². The third-order valence-electron chi connectivity index (χ3n) is 14.6. The van der Waals surface area contributed by atoms with Crippen LogP contribution in [0.25, 0.3) is 66.1 Å². The van der Waals surface area contributed by atoms with Gasteiger partial charge in [-0.05, 0) is 79.0 Å². The Balaban J connectivity index is 0.000000233. The molecule has 0 amide bonds. The number of benzene rings is 8. The second-order valence-electron chi connectivity index (χ2n) is 24.3. The minimum absolute atomic E-state index is 0. The molecule has 0 N–H and O–H groups in total. The molecule has 0 unspecified atom stereocenters. The topological polar surface area (TPSA) is 0 Å². The third-order valence-corrected chi connectivity index (χ3v) is 14.6. The summed E-state index contributed by atoms with van der Waals surface area (Å²) in [6.45, 7) is 30.3. The average molecular weight is 1090 g/mol. The molecule has 0 bridgehead atoms. The molecule has 0 aromatic heterocycles. The zero-order valence-electron chi connectivity index (χ0n) is 48.0. The Hall–Kier alpha value is -5.92. The Bertz CT molecular complexity index is 3010. The first kappa shape index (κ1) is 59.3. The van der Waals surface area contributed by atoms with Crippen LogP contribution in [0.3, 0.4) is 0 Å². The fourth-order valence-corrected chi connectivity index (χ4v) is 10.2. The van der Waals surface area contributed by atoms with Gasteiger partial charge in [-0.1, -0.05) is 298 Å². The molecule has 10 aromatic rings. The molecule has 0 spiro atoms. The standard InChI is InChI=1S/2C36H37.2CH3.Si.Zr/c2*1-35(2,3)29-16-12-27(13-17-29)31-20-21-32(28-14-18-30(19-15-28)36(4,5)6)34-24-26(23-33(31)34)22-25-10-8-7-9-11-25;;;;/h2*7-21,23-24H,22H2,1-6H3;2*1H3;;/q4*-1;;. The molecule has 0 heterocycles. The first-order valence-electron chi connectivity index (χ1n) is 26.4. The summed E-state index contributed by atoms with van der Waals surface area (Å²) in [5.41, 5.74) is 21.8. The quantitative estimate of drug-likeness (QED) is 0.105. The second-order valence-corrected chi connectivity index (χ2v) is 24.3. The first-order chi connectivity index (χ1) is 35.2. The summed E-state index contributed by atoms with van der Waals surface area (Å²) in [5, 5.41) is 5.34. The maximum atomic E-state index is 3.06. The SMILES string of the molecule is CC(C)(C)c1ccc(-c2ccc(-c3ccc(C(C)(C)C)cc3)c3[cH-]c(Cc4ccccc4)cc23)cc1.CC(C)(C)c1ccc(-c2ccc(-c3ccc(C(C)(C)C)cc3)c3[cH-]c(Cc4ccccc4)cc23)cc1.[CH3-].[CH3-].[Si]=[Zr]. The van der Waals surface area contributed by atoms with Gasteiger partial charge >= 0.3 is 30.2 Å². The molecule has 0 atom stereocenters. The van der Waals surface area contributed by atoms with Gasteiger partial charge in [0.1, 0.15) is 0 Å². The maximum absolute atomic E-state index is 3.06. The van der Waals surface area contributed by atoms with Gasteiger partial charge in [0.25, 0.3) is 0 Å². The molecule has 0 fully saturated rings. The summed E-state index contributed by atoms with van der Waals surface area (Å²) < 4.78 is 0. The second kappa shape index (κ2) is 24.6. The van der Waals surface area contributed by atoms with Crippen molar-refractivity contribution < 1.29 is 23.3 Å². The summed E-state index contributed by atoms with van der Waals surface area (Å²) >= 11 is 1.36. The molecule has 0 saturated heterocycles. The molecule has 2 heteroatoms. The van der Waals surface area contributed by atoms with Crippen LogP contribution in [0, 0.1) is 14.9 Å². The van der Waals surface area contributed by atoms with E-state index in [0.717, 1.165) is 12.8 Å². The van der Waals surface area contributed by atoms with Crippen molar-refractivity contribution >= 4 is 28.4 Å². The van der Waals surface area contributed by atoms with Crippen LogP contribution in [0.5, 0.6) is 0 Å². The van der Waals surface area contributed by atoms with Gasteiger partial charge in [0, 0.05) is 0 Å². The van der Waals surface area contributed by atoms with E-state index >= 15 is 0 Å². The predicted octanol–water partition coefficient (Wildman–Crippen LogP) is 20.7. The van der Waals surface area contributed by atoms with Gasteiger partial charge in [0.05, 0.1) is 0 Å². The van der Waals surface area contributed by atoms with Crippen LogP contribution < -0.4 is 0 Å². The molecule has 10 aromatic carbocycles. The van der Waals surface area contributed by atoms with Crippen molar-refractivity contribution in [1.82, 2.24) is 0 Å². The normalized spacial score (nSPS) is 11.7. The van der Waals surface area contributed by atoms with Gasteiger partial charge in [-0.2, -0.15) is 12.1 Å². The van der Waals surface area contributed by atoms with Crippen molar-refractivity contribution in [3.05, 3.63) is 266 Å². The van der Waals surface area contributed by atoms with Crippen molar-refractivity contribution in [2.75, 3.05) is 0 Å². The van der Waals surface area contributed by atoms with E-state index < -0.39 is 0 Å². The predicted molar refractivity (Wildman–Crippen MR) is 333 cm³/mol. The van der Waals surface area contributed by atoms with Crippen LogP contribution >= 0.6 is 0 Å². The molecule has 10 rings (SSSR count). The molecule has 0 aliphatic carbocycles. The summed E-state index contributed by atoms with van der Waals surface area (Å²) in [4.78, 5) is 0. The van der Waals surface area contributed by atoms with Gasteiger partial charge in [-0.15, -0.1) is 44.8 Å². The molecule has 388 valence electrons. The van der Waals surface area contributed by atoms with Crippen LogP contribution in [-0.4, -0.2) is 6.88 Å². The summed E-state index contributed by atoms with van der Waals surface area (Å²) in [6, 6.07) is 77.0. The van der Waals surface area contributed by atoms with E-state index in [1.54, 1.807) is 0 Å². The molecule has 0 aliphatic rings. The molecular formula is C74H80SiZr-4. The van der Waals surface area contributed by atoms with Crippen molar-refractivity contribution in [3.8, 4) is 44.5 Å². The van der Waals surface area contributed by atoms with Crippen LogP contribution in [0.4, 0.5) is 0 Å². The minimum atomic E-state index is 0. The first-order valence-corrected chi connectivity index (χ1v) is 30.6. The van der Waals surface area contributed by atoms with Gasteiger partial charge in [-0.3, -0.25) is 0 Å². The Morgan fingerprint density at radius 3 is 0.803 bits per heavy atom. The fourth-order valence-electron chi connectivity index (χ4n) is 10.2. The van der Waals surface area contributed by atoms with Crippen molar-refractivity contribution in [1.29, 1.82) is 0 Å². The number of hydrogen-bond acceptors (Lipinski definition) is 0. The number of hydrogen-bond donors (Lipinski definition) is 0. The molecule has 76 heavy (non-hydrogen) atoms. The van der Waals surface area contributed by atoms with E-state index in [2.05, 4.69) is 296 Å². The van der Waals surface area contributed by atoms with Gasteiger partial charge in [0.2, 0.25) is 0 Å². The van der Waals surface area contributed by atoms with Crippen molar-refractivity contribution in [2.24, 2.45) is 0 Å². The van der Waals surface area contributed by atoms with Gasteiger partial charge in [-0.25, -0.2) is 0 Å². The molecule has 0 nitrogen and oxygen atoms in total. The average Bonchev–Trinajstić information content (AvgIpc) is 4.01. The van der Waals surface area contributed by atoms with Crippen LogP contribution in [0.1, 0.15) is 128 Å². The van der Waals surface area contributed by atoms with E-state index in [1.165, 1.54) is 134 Å². The summed E-state index contributed by atoms with van der Waals surface area (Å²) in [5.74, 6) is 0. The summed E-state index contributed by atoms with van der Waals surface area (Å²) in [7, 11) is 0. The number of fused-ring (bicyclic) bond motifs is 2. The van der Waals surface area contributed by atoms with E-state index in [0.29, 0.717) is 0 Å².